The van der Waals surface area contributed by atoms with Crippen LogP contribution in [-0.2, 0) is 16.8 Å². The lowest BCUT2D eigenvalue weighted by atomic mass is 9.91. The highest BCUT2D eigenvalue weighted by Gasteiger charge is 2.34. The number of benzene rings is 1. The number of ketones is 1. The number of aryl methyl sites for hydroxylation is 2. The van der Waals surface area contributed by atoms with Gasteiger partial charge in [0.15, 0.2) is 5.78 Å². The van der Waals surface area contributed by atoms with Crippen molar-refractivity contribution in [3.8, 4) is 0 Å². The number of carbonyl (C=O) groups is 1. The molecule has 0 atom stereocenters. The minimum absolute atomic E-state index is 0.101. The van der Waals surface area contributed by atoms with Gasteiger partial charge >= 0.3 is 0 Å². The average molecular weight is 423 g/mol. The van der Waals surface area contributed by atoms with Gasteiger partial charge in [-0.3, -0.25) is 9.69 Å². The minimum atomic E-state index is -3.38. The van der Waals surface area contributed by atoms with Gasteiger partial charge < -0.3 is 4.90 Å². The number of piperazine rings is 2. The summed E-state index contributed by atoms with van der Waals surface area (Å²) in [5.41, 5.74) is 5.29. The Morgan fingerprint density at radius 1 is 0.897 bits per heavy atom. The Hall–Kier alpha value is -1.32. The molecule has 0 unspecified atom stereocenters. The molecule has 7 nitrogen and oxygen atoms in total. The van der Waals surface area contributed by atoms with Crippen molar-refractivity contribution in [3.05, 3.63) is 33.9 Å². The number of likely N-dealkylation sites (N-methyl/N-ethyl adjacent to an activating group) is 1. The summed E-state index contributed by atoms with van der Waals surface area (Å²) in [5.74, 6) is 0.101. The molecular formula is C21H34N4O3S. The van der Waals surface area contributed by atoms with Gasteiger partial charge in [-0.05, 0) is 57.0 Å². The molecule has 2 saturated heterocycles. The van der Waals surface area contributed by atoms with Crippen LogP contribution in [0.5, 0.6) is 0 Å². The summed E-state index contributed by atoms with van der Waals surface area (Å²) in [7, 11) is -1.35. The number of hydrogen-bond acceptors (Lipinski definition) is 5. The fourth-order valence-electron chi connectivity index (χ4n) is 4.54. The molecule has 8 heteroatoms. The summed E-state index contributed by atoms with van der Waals surface area (Å²) in [6.45, 7) is 13.6. The van der Waals surface area contributed by atoms with E-state index in [-0.39, 0.29) is 5.78 Å². The number of rotatable bonds is 5. The van der Waals surface area contributed by atoms with Crippen LogP contribution in [0, 0.1) is 20.8 Å². The van der Waals surface area contributed by atoms with Gasteiger partial charge in [-0.1, -0.05) is 6.07 Å². The monoisotopic (exact) mass is 422 g/mol. The lowest BCUT2D eigenvalue weighted by Crippen LogP contribution is -2.56. The maximum absolute atomic E-state index is 13.0. The van der Waals surface area contributed by atoms with Gasteiger partial charge in [0.05, 0.1) is 0 Å². The van der Waals surface area contributed by atoms with Crippen molar-refractivity contribution in [3.63, 3.8) is 0 Å². The molecule has 2 aliphatic heterocycles. The first-order valence-corrected chi connectivity index (χ1v) is 11.8. The molecule has 0 spiro atoms. The van der Waals surface area contributed by atoms with Gasteiger partial charge in [0, 0.05) is 64.5 Å². The molecule has 0 N–H and O–H groups in total. The molecule has 0 aliphatic carbocycles. The molecule has 3 rings (SSSR count). The normalized spacial score (nSPS) is 20.9. The van der Waals surface area contributed by atoms with Crippen molar-refractivity contribution in [1.29, 1.82) is 0 Å². The minimum Gasteiger partial charge on any atom is -0.304 e. The second kappa shape index (κ2) is 8.81. The van der Waals surface area contributed by atoms with Crippen LogP contribution in [0.3, 0.4) is 0 Å². The van der Waals surface area contributed by atoms with Crippen LogP contribution in [0.2, 0.25) is 0 Å². The van der Waals surface area contributed by atoms with Crippen molar-refractivity contribution in [2.75, 3.05) is 59.4 Å². The highest BCUT2D eigenvalue weighted by atomic mass is 32.2. The number of carbonyl (C=O) groups excluding carboxylic acids is 1. The van der Waals surface area contributed by atoms with Gasteiger partial charge in [0.25, 0.3) is 10.2 Å². The fraction of sp³-hybridized carbons (Fsp3) is 0.667. The maximum Gasteiger partial charge on any atom is 0.282 e. The van der Waals surface area contributed by atoms with Crippen molar-refractivity contribution in [2.45, 2.75) is 34.2 Å². The van der Waals surface area contributed by atoms with Crippen LogP contribution in [0.1, 0.15) is 39.5 Å². The average Bonchev–Trinajstić information content (AvgIpc) is 2.65. The van der Waals surface area contributed by atoms with Crippen molar-refractivity contribution in [2.24, 2.45) is 0 Å². The Kier molecular flexibility index (Phi) is 6.80. The van der Waals surface area contributed by atoms with E-state index in [1.165, 1.54) is 11.1 Å². The number of nitrogens with zero attached hydrogens (tertiary/aromatic N) is 4. The Bertz CT molecular complexity index is 868. The SMILES string of the molecule is CC(=O)c1c(C)cc(C)c(CN2CCN(S(=O)(=O)N3CCN(C)CC3)CC2)c1C. The van der Waals surface area contributed by atoms with E-state index < -0.39 is 10.2 Å². The van der Waals surface area contributed by atoms with E-state index >= 15 is 0 Å². The van der Waals surface area contributed by atoms with Crippen LogP contribution < -0.4 is 0 Å². The molecule has 0 amide bonds. The van der Waals surface area contributed by atoms with Crippen molar-refractivity contribution >= 4 is 16.0 Å². The number of Topliss-reactive ketones (excluding diaryl/α,β-unsaturated/α-hetero) is 1. The first kappa shape index (κ1) is 22.4. The zero-order chi connectivity index (χ0) is 21.3. The third-order valence-electron chi connectivity index (χ3n) is 6.31. The van der Waals surface area contributed by atoms with Gasteiger partial charge in [-0.15, -0.1) is 0 Å². The maximum atomic E-state index is 13.0. The quantitative estimate of drug-likeness (QED) is 0.672. The van der Waals surface area contributed by atoms with E-state index in [1.807, 2.05) is 20.9 Å². The molecule has 1 aromatic carbocycles. The molecule has 2 heterocycles. The summed E-state index contributed by atoms with van der Waals surface area (Å²) in [6.07, 6.45) is 0. The fourth-order valence-corrected chi connectivity index (χ4v) is 6.11. The molecule has 29 heavy (non-hydrogen) atoms. The second-order valence-corrected chi connectivity index (χ2v) is 10.4. The molecular weight excluding hydrogens is 388 g/mol. The molecule has 162 valence electrons. The molecule has 0 radical (unpaired) electrons. The topological polar surface area (TPSA) is 64.2 Å². The lowest BCUT2D eigenvalue weighted by molar-refractivity contribution is 0.101. The molecule has 2 aliphatic rings. The summed E-state index contributed by atoms with van der Waals surface area (Å²) >= 11 is 0. The molecule has 1 aromatic rings. The highest BCUT2D eigenvalue weighted by molar-refractivity contribution is 7.86. The number of hydrogen-bond donors (Lipinski definition) is 0. The Morgan fingerprint density at radius 2 is 1.41 bits per heavy atom. The van der Waals surface area contributed by atoms with Gasteiger partial charge in [-0.2, -0.15) is 17.0 Å². The van der Waals surface area contributed by atoms with Crippen LogP contribution in [0.15, 0.2) is 6.07 Å². The van der Waals surface area contributed by atoms with E-state index in [4.69, 9.17) is 0 Å². The summed E-state index contributed by atoms with van der Waals surface area (Å²) in [5, 5.41) is 0. The van der Waals surface area contributed by atoms with Gasteiger partial charge in [-0.25, -0.2) is 0 Å². The Balaban J connectivity index is 1.66. The van der Waals surface area contributed by atoms with E-state index in [2.05, 4.69) is 22.8 Å². The predicted octanol–water partition coefficient (Wildman–Crippen LogP) is 1.42. The van der Waals surface area contributed by atoms with E-state index in [9.17, 15) is 13.2 Å². The first-order chi connectivity index (χ1) is 13.6. The molecule has 0 saturated carbocycles. The van der Waals surface area contributed by atoms with Crippen LogP contribution in [0.4, 0.5) is 0 Å². The third-order valence-corrected chi connectivity index (χ3v) is 8.35. The molecule has 2 fully saturated rings. The summed E-state index contributed by atoms with van der Waals surface area (Å²) < 4.78 is 29.2. The predicted molar refractivity (Wildman–Crippen MR) is 115 cm³/mol. The second-order valence-electron chi connectivity index (χ2n) is 8.43. The van der Waals surface area contributed by atoms with Crippen molar-refractivity contribution < 1.29 is 13.2 Å². The third kappa shape index (κ3) is 4.72. The van der Waals surface area contributed by atoms with Gasteiger partial charge in [0.1, 0.15) is 0 Å². The van der Waals surface area contributed by atoms with Crippen LogP contribution >= 0.6 is 0 Å². The Labute approximate surface area is 175 Å². The summed E-state index contributed by atoms with van der Waals surface area (Å²) in [4.78, 5) is 16.5. The largest absolute Gasteiger partial charge is 0.304 e. The zero-order valence-corrected chi connectivity index (χ0v) is 19.2. The Morgan fingerprint density at radius 3 is 1.93 bits per heavy atom. The molecule has 0 aromatic heterocycles. The van der Waals surface area contributed by atoms with E-state index in [1.54, 1.807) is 15.5 Å². The van der Waals surface area contributed by atoms with Crippen LogP contribution in [0.25, 0.3) is 0 Å². The smallest absolute Gasteiger partial charge is 0.282 e. The summed E-state index contributed by atoms with van der Waals surface area (Å²) in [6, 6.07) is 2.09. The first-order valence-electron chi connectivity index (χ1n) is 10.4. The van der Waals surface area contributed by atoms with E-state index in [0.29, 0.717) is 39.3 Å². The standard InChI is InChI=1S/C21H34N4O3S/c1-16-14-17(2)21(19(4)26)18(3)20(16)15-23-8-12-25(13-9-23)29(27,28)24-10-6-22(5)7-11-24/h14H,6-13,15H2,1-5H3. The highest BCUT2D eigenvalue weighted by Crippen LogP contribution is 2.25. The van der Waals surface area contributed by atoms with Crippen LogP contribution in [-0.4, -0.2) is 92.0 Å². The van der Waals surface area contributed by atoms with E-state index in [0.717, 1.165) is 36.3 Å². The zero-order valence-electron chi connectivity index (χ0n) is 18.4. The molecule has 0 bridgehead atoms. The van der Waals surface area contributed by atoms with Crippen molar-refractivity contribution in [1.82, 2.24) is 18.4 Å². The van der Waals surface area contributed by atoms with Gasteiger partial charge in [0.2, 0.25) is 0 Å². The lowest BCUT2D eigenvalue weighted by Gasteiger charge is -2.39.